The highest BCUT2D eigenvalue weighted by Crippen LogP contribution is 2.47. The Morgan fingerprint density at radius 3 is 2.67 bits per heavy atom. The lowest BCUT2D eigenvalue weighted by Gasteiger charge is -2.40. The van der Waals surface area contributed by atoms with Crippen molar-refractivity contribution in [2.45, 2.75) is 58.1 Å². The molecule has 0 bridgehead atoms. The van der Waals surface area contributed by atoms with Crippen molar-refractivity contribution in [2.24, 2.45) is 0 Å². The molecule has 2 unspecified atom stereocenters. The summed E-state index contributed by atoms with van der Waals surface area (Å²) in [5.41, 5.74) is 1.08. The molecule has 1 N–H and O–H groups in total. The molecule has 0 saturated carbocycles. The first-order chi connectivity index (χ1) is 10.1. The number of fused-ring (bicyclic) bond motifs is 2. The van der Waals surface area contributed by atoms with Crippen LogP contribution < -0.4 is 19.5 Å². The normalized spacial score (nSPS) is 26.3. The van der Waals surface area contributed by atoms with Crippen molar-refractivity contribution in [3.05, 3.63) is 17.7 Å². The fourth-order valence-corrected chi connectivity index (χ4v) is 3.00. The van der Waals surface area contributed by atoms with Gasteiger partial charge >= 0.3 is 0 Å². The van der Waals surface area contributed by atoms with Gasteiger partial charge in [-0.25, -0.2) is 0 Å². The Morgan fingerprint density at radius 1 is 1.19 bits per heavy atom. The Labute approximate surface area is 126 Å². The first kappa shape index (κ1) is 14.5. The van der Waals surface area contributed by atoms with Crippen LogP contribution in [0.3, 0.4) is 0 Å². The lowest BCUT2D eigenvalue weighted by Crippen LogP contribution is -2.41. The van der Waals surface area contributed by atoms with Crippen molar-refractivity contribution >= 4 is 0 Å². The molecule has 2 heterocycles. The third kappa shape index (κ3) is 2.82. The topological polar surface area (TPSA) is 39.7 Å². The van der Waals surface area contributed by atoms with Gasteiger partial charge in [-0.05, 0) is 32.4 Å². The number of rotatable bonds is 5. The first-order valence-corrected chi connectivity index (χ1v) is 8.01. The van der Waals surface area contributed by atoms with Gasteiger partial charge in [0, 0.05) is 24.1 Å². The Balaban J connectivity index is 1.90. The second-order valence-corrected chi connectivity index (χ2v) is 6.21. The summed E-state index contributed by atoms with van der Waals surface area (Å²) < 4.78 is 17.2. The number of nitrogens with one attached hydrogen (secondary N) is 1. The van der Waals surface area contributed by atoms with Crippen molar-refractivity contribution in [3.63, 3.8) is 0 Å². The third-order valence-electron chi connectivity index (χ3n) is 4.54. The lowest BCUT2D eigenvalue weighted by molar-refractivity contribution is 0.0440. The zero-order valence-corrected chi connectivity index (χ0v) is 13.2. The Kier molecular flexibility index (Phi) is 3.98. The van der Waals surface area contributed by atoms with E-state index < -0.39 is 0 Å². The third-order valence-corrected chi connectivity index (χ3v) is 4.54. The van der Waals surface area contributed by atoms with E-state index in [0.717, 1.165) is 36.6 Å². The van der Waals surface area contributed by atoms with Gasteiger partial charge in [0.2, 0.25) is 6.79 Å². The molecule has 1 aromatic rings. The van der Waals surface area contributed by atoms with Gasteiger partial charge in [0.05, 0.1) is 0 Å². The molecule has 1 aromatic carbocycles. The van der Waals surface area contributed by atoms with Crippen molar-refractivity contribution in [2.75, 3.05) is 13.3 Å². The van der Waals surface area contributed by atoms with Crippen LogP contribution in [0, 0.1) is 0 Å². The molecule has 2 aliphatic rings. The van der Waals surface area contributed by atoms with Crippen molar-refractivity contribution < 1.29 is 14.2 Å². The summed E-state index contributed by atoms with van der Waals surface area (Å²) in [6.45, 7) is 7.93. The second kappa shape index (κ2) is 5.76. The highest BCUT2D eigenvalue weighted by molar-refractivity contribution is 5.54. The summed E-state index contributed by atoms with van der Waals surface area (Å²) in [7, 11) is 0. The van der Waals surface area contributed by atoms with E-state index in [1.165, 1.54) is 18.4 Å². The van der Waals surface area contributed by atoms with Crippen LogP contribution in [-0.2, 0) is 0 Å². The predicted molar refractivity (Wildman–Crippen MR) is 82.2 cm³/mol. The number of hydrogen-bond acceptors (Lipinski definition) is 4. The highest BCUT2D eigenvalue weighted by Gasteiger charge is 2.37. The molecule has 0 fully saturated rings. The van der Waals surface area contributed by atoms with E-state index in [-0.39, 0.29) is 5.60 Å². The molecular formula is C17H25NO3. The molecule has 21 heavy (non-hydrogen) atoms. The summed E-state index contributed by atoms with van der Waals surface area (Å²) in [6.07, 6.45) is 4.38. The van der Waals surface area contributed by atoms with E-state index in [1.807, 2.05) is 6.07 Å². The molecule has 116 valence electrons. The Hall–Kier alpha value is -1.42. The van der Waals surface area contributed by atoms with Crippen LogP contribution in [0.2, 0.25) is 0 Å². The fraction of sp³-hybridized carbons (Fsp3) is 0.647. The molecule has 4 heteroatoms. The smallest absolute Gasteiger partial charge is 0.231 e. The van der Waals surface area contributed by atoms with Crippen molar-refractivity contribution in [3.8, 4) is 17.2 Å². The maximum Gasteiger partial charge on any atom is 0.231 e. The maximum atomic E-state index is 6.25. The SMILES string of the molecule is CCCCNC1CC(C)(CC)Oc2cc3c(cc21)OCO3. The van der Waals surface area contributed by atoms with Gasteiger partial charge in [0.1, 0.15) is 11.4 Å². The molecule has 4 nitrogen and oxygen atoms in total. The van der Waals surface area contributed by atoms with E-state index in [1.54, 1.807) is 0 Å². The molecule has 2 aliphatic heterocycles. The van der Waals surface area contributed by atoms with Gasteiger partial charge in [-0.3, -0.25) is 0 Å². The fourth-order valence-electron chi connectivity index (χ4n) is 3.00. The largest absolute Gasteiger partial charge is 0.487 e. The van der Waals surface area contributed by atoms with E-state index in [9.17, 15) is 0 Å². The molecule has 0 amide bonds. The maximum absolute atomic E-state index is 6.25. The first-order valence-electron chi connectivity index (χ1n) is 8.01. The number of unbranched alkanes of at least 4 members (excludes halogenated alkanes) is 1. The van der Waals surface area contributed by atoms with E-state index in [2.05, 4.69) is 32.2 Å². The minimum absolute atomic E-state index is 0.120. The van der Waals surface area contributed by atoms with Crippen LogP contribution in [0.4, 0.5) is 0 Å². The molecule has 0 radical (unpaired) electrons. The predicted octanol–water partition coefficient (Wildman–Crippen LogP) is 3.80. The second-order valence-electron chi connectivity index (χ2n) is 6.21. The summed E-state index contributed by atoms with van der Waals surface area (Å²) >= 11 is 0. The summed E-state index contributed by atoms with van der Waals surface area (Å²) in [5.74, 6) is 2.56. The van der Waals surface area contributed by atoms with Crippen LogP contribution >= 0.6 is 0 Å². The van der Waals surface area contributed by atoms with Gasteiger partial charge < -0.3 is 19.5 Å². The van der Waals surface area contributed by atoms with E-state index in [4.69, 9.17) is 14.2 Å². The molecule has 2 atom stereocenters. The highest BCUT2D eigenvalue weighted by atomic mass is 16.7. The molecule has 3 rings (SSSR count). The average molecular weight is 291 g/mol. The monoisotopic (exact) mass is 291 g/mol. The summed E-state index contributed by atoms with van der Waals surface area (Å²) in [4.78, 5) is 0. The molecule has 0 saturated heterocycles. The molecule has 0 spiro atoms. The minimum Gasteiger partial charge on any atom is -0.487 e. The van der Waals surface area contributed by atoms with E-state index >= 15 is 0 Å². The van der Waals surface area contributed by atoms with E-state index in [0.29, 0.717) is 12.8 Å². The summed E-state index contributed by atoms with van der Waals surface area (Å²) in [5, 5.41) is 3.68. The quantitative estimate of drug-likeness (QED) is 0.838. The Morgan fingerprint density at radius 2 is 1.95 bits per heavy atom. The van der Waals surface area contributed by atoms with Crippen LogP contribution in [0.25, 0.3) is 0 Å². The molecule has 0 aromatic heterocycles. The minimum atomic E-state index is -0.120. The summed E-state index contributed by atoms with van der Waals surface area (Å²) in [6, 6.07) is 4.38. The average Bonchev–Trinajstić information content (AvgIpc) is 2.92. The van der Waals surface area contributed by atoms with Gasteiger partial charge in [0.15, 0.2) is 11.5 Å². The zero-order chi connectivity index (χ0) is 14.9. The molecule has 0 aliphatic carbocycles. The van der Waals surface area contributed by atoms with Crippen LogP contribution in [0.1, 0.15) is 58.1 Å². The Bertz CT molecular complexity index is 517. The zero-order valence-electron chi connectivity index (χ0n) is 13.2. The van der Waals surface area contributed by atoms with Crippen LogP contribution in [-0.4, -0.2) is 18.9 Å². The molecular weight excluding hydrogens is 266 g/mol. The van der Waals surface area contributed by atoms with Gasteiger partial charge in [-0.2, -0.15) is 0 Å². The standard InChI is InChI=1S/C17H25NO3/c1-4-6-7-18-13-10-17(3,5-2)21-14-9-16-15(8-12(13)14)19-11-20-16/h8-9,13,18H,4-7,10-11H2,1-3H3. The number of benzene rings is 1. The number of ether oxygens (including phenoxy) is 3. The van der Waals surface area contributed by atoms with Gasteiger partial charge in [-0.15, -0.1) is 0 Å². The van der Waals surface area contributed by atoms with Crippen LogP contribution in [0.5, 0.6) is 17.2 Å². The van der Waals surface area contributed by atoms with Crippen molar-refractivity contribution in [1.82, 2.24) is 5.32 Å². The van der Waals surface area contributed by atoms with Crippen LogP contribution in [0.15, 0.2) is 12.1 Å². The van der Waals surface area contributed by atoms with Gasteiger partial charge in [-0.1, -0.05) is 20.3 Å². The van der Waals surface area contributed by atoms with Crippen molar-refractivity contribution in [1.29, 1.82) is 0 Å². The van der Waals surface area contributed by atoms with Gasteiger partial charge in [0.25, 0.3) is 0 Å². The lowest BCUT2D eigenvalue weighted by atomic mass is 9.86. The number of hydrogen-bond donors (Lipinski definition) is 1.